The lowest BCUT2D eigenvalue weighted by Crippen LogP contribution is -2.32. The number of amides is 1. The van der Waals surface area contributed by atoms with Crippen molar-refractivity contribution < 1.29 is 13.2 Å². The number of rotatable bonds is 5. The van der Waals surface area contributed by atoms with Crippen LogP contribution in [-0.4, -0.2) is 20.9 Å². The van der Waals surface area contributed by atoms with E-state index in [1.807, 2.05) is 6.07 Å². The van der Waals surface area contributed by atoms with Crippen molar-refractivity contribution in [1.29, 1.82) is 0 Å². The Bertz CT molecular complexity index is 733. The van der Waals surface area contributed by atoms with Crippen LogP contribution < -0.4 is 10.0 Å². The third-order valence-corrected chi connectivity index (χ3v) is 4.22. The van der Waals surface area contributed by atoms with Gasteiger partial charge in [0.05, 0.1) is 11.4 Å². The number of carbonyl (C=O) groups is 1. The topological polar surface area (TPSA) is 75.3 Å². The second kappa shape index (κ2) is 6.71. The van der Waals surface area contributed by atoms with E-state index in [1.165, 1.54) is 18.2 Å². The van der Waals surface area contributed by atoms with E-state index >= 15 is 0 Å². The minimum absolute atomic E-state index is 0.0162. The molecule has 2 rings (SSSR count). The highest BCUT2D eigenvalue weighted by Gasteiger charge is 2.15. The first kappa shape index (κ1) is 15.5. The molecule has 21 heavy (non-hydrogen) atoms. The van der Waals surface area contributed by atoms with Crippen LogP contribution in [0.2, 0.25) is 5.02 Å². The molecule has 2 aromatic rings. The molecule has 0 aliphatic carbocycles. The van der Waals surface area contributed by atoms with Crippen molar-refractivity contribution in [2.75, 3.05) is 11.9 Å². The first-order valence-electron chi connectivity index (χ1n) is 6.07. The molecule has 0 heterocycles. The Balaban J connectivity index is 1.97. The van der Waals surface area contributed by atoms with E-state index in [9.17, 15) is 13.2 Å². The maximum Gasteiger partial charge on any atom is 0.241 e. The molecule has 7 heteroatoms. The lowest BCUT2D eigenvalue weighted by molar-refractivity contribution is -0.115. The summed E-state index contributed by atoms with van der Waals surface area (Å²) in [5, 5.41) is 2.90. The summed E-state index contributed by atoms with van der Waals surface area (Å²) in [6, 6.07) is 14.6. The van der Waals surface area contributed by atoms with E-state index in [-0.39, 0.29) is 11.4 Å². The number of benzene rings is 2. The Hall–Kier alpha value is -1.89. The van der Waals surface area contributed by atoms with Crippen molar-refractivity contribution >= 4 is 33.2 Å². The van der Waals surface area contributed by atoms with Crippen molar-refractivity contribution in [3.05, 3.63) is 59.6 Å². The van der Waals surface area contributed by atoms with Crippen molar-refractivity contribution in [2.45, 2.75) is 4.90 Å². The van der Waals surface area contributed by atoms with E-state index < -0.39 is 15.9 Å². The largest absolute Gasteiger partial charge is 0.325 e. The van der Waals surface area contributed by atoms with Crippen LogP contribution in [-0.2, 0) is 14.8 Å². The molecule has 0 unspecified atom stereocenters. The highest BCUT2D eigenvalue weighted by atomic mass is 35.5. The number of para-hydroxylation sites is 1. The zero-order valence-electron chi connectivity index (χ0n) is 10.9. The van der Waals surface area contributed by atoms with Crippen molar-refractivity contribution in [3.63, 3.8) is 0 Å². The Kier molecular flexibility index (Phi) is 4.95. The van der Waals surface area contributed by atoms with Crippen molar-refractivity contribution in [1.82, 2.24) is 4.72 Å². The summed E-state index contributed by atoms with van der Waals surface area (Å²) < 4.78 is 26.2. The number of halogens is 1. The van der Waals surface area contributed by atoms with Crippen LogP contribution in [0, 0.1) is 0 Å². The molecule has 0 aromatic heterocycles. The lowest BCUT2D eigenvalue weighted by Gasteiger charge is -2.08. The molecule has 0 aliphatic heterocycles. The molecule has 0 fully saturated rings. The fourth-order valence-corrected chi connectivity index (χ4v) is 2.89. The van der Waals surface area contributed by atoms with Gasteiger partial charge >= 0.3 is 0 Å². The standard InChI is InChI=1S/C14H13ClN2O3S/c15-11-5-4-8-13(9-11)21(19,20)16-10-14(18)17-12-6-2-1-3-7-12/h1-9,16H,10H2,(H,17,18). The van der Waals surface area contributed by atoms with Crippen LogP contribution in [0.4, 0.5) is 5.69 Å². The molecule has 0 bridgehead atoms. The van der Waals surface area contributed by atoms with Crippen LogP contribution in [0.5, 0.6) is 0 Å². The quantitative estimate of drug-likeness (QED) is 0.885. The van der Waals surface area contributed by atoms with Gasteiger partial charge in [0, 0.05) is 10.7 Å². The smallest absolute Gasteiger partial charge is 0.241 e. The molecular formula is C14H13ClN2O3S. The summed E-state index contributed by atoms with van der Waals surface area (Å²) in [4.78, 5) is 11.7. The van der Waals surface area contributed by atoms with Gasteiger partial charge in [-0.2, -0.15) is 0 Å². The minimum atomic E-state index is -3.77. The lowest BCUT2D eigenvalue weighted by atomic mass is 10.3. The van der Waals surface area contributed by atoms with E-state index in [0.717, 1.165) is 0 Å². The highest BCUT2D eigenvalue weighted by molar-refractivity contribution is 7.89. The summed E-state index contributed by atoms with van der Waals surface area (Å²) in [6.07, 6.45) is 0. The van der Waals surface area contributed by atoms with E-state index in [2.05, 4.69) is 10.0 Å². The van der Waals surface area contributed by atoms with Crippen LogP contribution in [0.1, 0.15) is 0 Å². The fourth-order valence-electron chi connectivity index (χ4n) is 1.60. The number of hydrogen-bond acceptors (Lipinski definition) is 3. The van der Waals surface area contributed by atoms with Gasteiger partial charge in [-0.05, 0) is 30.3 Å². The van der Waals surface area contributed by atoms with Gasteiger partial charge in [0.2, 0.25) is 15.9 Å². The summed E-state index contributed by atoms with van der Waals surface area (Å²) in [7, 11) is -3.77. The number of anilines is 1. The summed E-state index contributed by atoms with van der Waals surface area (Å²) in [5.41, 5.74) is 0.601. The van der Waals surface area contributed by atoms with Gasteiger partial charge in [-0.15, -0.1) is 0 Å². The summed E-state index contributed by atoms with van der Waals surface area (Å²) >= 11 is 5.75. The van der Waals surface area contributed by atoms with Crippen molar-refractivity contribution in [2.24, 2.45) is 0 Å². The van der Waals surface area contributed by atoms with Crippen molar-refractivity contribution in [3.8, 4) is 0 Å². The Morgan fingerprint density at radius 2 is 1.76 bits per heavy atom. The van der Waals surface area contributed by atoms with Gasteiger partial charge in [0.1, 0.15) is 0 Å². The first-order chi connectivity index (χ1) is 9.97. The average Bonchev–Trinajstić information content (AvgIpc) is 2.46. The van der Waals surface area contributed by atoms with Gasteiger partial charge in [-0.25, -0.2) is 13.1 Å². The van der Waals surface area contributed by atoms with Gasteiger partial charge in [0.25, 0.3) is 0 Å². The maximum absolute atomic E-state index is 12.0. The van der Waals surface area contributed by atoms with Crippen LogP contribution in [0.25, 0.3) is 0 Å². The Morgan fingerprint density at radius 3 is 2.43 bits per heavy atom. The molecule has 2 N–H and O–H groups in total. The van der Waals surface area contributed by atoms with Gasteiger partial charge in [-0.1, -0.05) is 35.9 Å². The van der Waals surface area contributed by atoms with E-state index in [1.54, 1.807) is 30.3 Å². The van der Waals surface area contributed by atoms with Crippen LogP contribution in [0.15, 0.2) is 59.5 Å². The third kappa shape index (κ3) is 4.56. The number of hydrogen-bond donors (Lipinski definition) is 2. The number of sulfonamides is 1. The molecule has 0 saturated carbocycles. The zero-order chi connectivity index (χ0) is 15.3. The minimum Gasteiger partial charge on any atom is -0.325 e. The molecule has 2 aromatic carbocycles. The average molecular weight is 325 g/mol. The molecule has 0 spiro atoms. The predicted octanol–water partition coefficient (Wildman–Crippen LogP) is 2.26. The SMILES string of the molecule is O=C(CNS(=O)(=O)c1cccc(Cl)c1)Nc1ccccc1. The van der Waals surface area contributed by atoms with Gasteiger partial charge < -0.3 is 5.32 Å². The van der Waals surface area contributed by atoms with E-state index in [0.29, 0.717) is 10.7 Å². The molecule has 110 valence electrons. The number of carbonyl (C=O) groups excluding carboxylic acids is 1. The molecule has 0 radical (unpaired) electrons. The zero-order valence-corrected chi connectivity index (χ0v) is 12.5. The molecule has 1 amide bonds. The summed E-state index contributed by atoms with van der Waals surface area (Å²) in [6.45, 7) is -0.357. The fraction of sp³-hybridized carbons (Fsp3) is 0.0714. The second-order valence-corrected chi connectivity index (χ2v) is 6.40. The van der Waals surface area contributed by atoms with Crippen LogP contribution in [0.3, 0.4) is 0 Å². The highest BCUT2D eigenvalue weighted by Crippen LogP contribution is 2.15. The normalized spacial score (nSPS) is 11.1. The second-order valence-electron chi connectivity index (χ2n) is 4.20. The van der Waals surface area contributed by atoms with Crippen LogP contribution >= 0.6 is 11.6 Å². The molecule has 0 saturated heterocycles. The molecular weight excluding hydrogens is 312 g/mol. The first-order valence-corrected chi connectivity index (χ1v) is 7.93. The Labute approximate surface area is 128 Å². The molecule has 5 nitrogen and oxygen atoms in total. The summed E-state index contributed by atoms with van der Waals surface area (Å²) in [5.74, 6) is -0.452. The van der Waals surface area contributed by atoms with E-state index in [4.69, 9.17) is 11.6 Å². The predicted molar refractivity (Wildman–Crippen MR) is 81.7 cm³/mol. The number of nitrogens with one attached hydrogen (secondary N) is 2. The van der Waals surface area contributed by atoms with Gasteiger partial charge in [-0.3, -0.25) is 4.79 Å². The maximum atomic E-state index is 12.0. The van der Waals surface area contributed by atoms with Gasteiger partial charge in [0.15, 0.2) is 0 Å². The third-order valence-electron chi connectivity index (χ3n) is 2.59. The monoisotopic (exact) mass is 324 g/mol. The Morgan fingerprint density at radius 1 is 1.05 bits per heavy atom. The molecule has 0 aliphatic rings. The molecule has 0 atom stereocenters.